The lowest BCUT2D eigenvalue weighted by molar-refractivity contribution is 0.0277. The van der Waals surface area contributed by atoms with Crippen LogP contribution in [0.5, 0.6) is 0 Å². The van der Waals surface area contributed by atoms with Crippen LogP contribution in [0.1, 0.15) is 27.7 Å². The second-order valence-electron chi connectivity index (χ2n) is 5.30. The minimum atomic E-state index is -0.336. The first-order valence-corrected chi connectivity index (χ1v) is 7.84. The van der Waals surface area contributed by atoms with Crippen molar-refractivity contribution in [2.45, 2.75) is 6.10 Å². The molecule has 122 valence electrons. The maximum Gasteiger partial charge on any atom is 0.257 e. The molecule has 1 atom stereocenters. The first-order chi connectivity index (χ1) is 11.7. The molecule has 1 aromatic carbocycles. The van der Waals surface area contributed by atoms with Crippen LogP contribution in [0, 0.1) is 11.3 Å². The molecule has 0 aliphatic carbocycles. The van der Waals surface area contributed by atoms with Crippen molar-refractivity contribution in [3.05, 3.63) is 58.4 Å². The maximum absolute atomic E-state index is 12.2. The van der Waals surface area contributed by atoms with Gasteiger partial charge in [-0.2, -0.15) is 5.26 Å². The Morgan fingerprint density at radius 3 is 2.92 bits per heavy atom. The first-order valence-electron chi connectivity index (χ1n) is 7.46. The lowest BCUT2D eigenvalue weighted by Gasteiger charge is -2.24. The first kappa shape index (κ1) is 16.4. The lowest BCUT2D eigenvalue weighted by Crippen LogP contribution is -2.33. The smallest absolute Gasteiger partial charge is 0.257 e. The van der Waals surface area contributed by atoms with E-state index in [1.54, 1.807) is 18.2 Å². The zero-order chi connectivity index (χ0) is 16.9. The van der Waals surface area contributed by atoms with E-state index >= 15 is 0 Å². The van der Waals surface area contributed by atoms with E-state index in [1.807, 2.05) is 12.1 Å². The number of ether oxygens (including phenoxy) is 1. The number of pyridine rings is 1. The molecule has 7 heteroatoms. The highest BCUT2D eigenvalue weighted by Gasteiger charge is 2.17. The summed E-state index contributed by atoms with van der Waals surface area (Å²) in [5.41, 5.74) is 2.09. The van der Waals surface area contributed by atoms with Crippen LogP contribution in [-0.2, 0) is 4.74 Å². The van der Waals surface area contributed by atoms with Gasteiger partial charge in [0.15, 0.2) is 0 Å². The summed E-state index contributed by atoms with van der Waals surface area (Å²) in [7, 11) is 0. The van der Waals surface area contributed by atoms with Gasteiger partial charge in [-0.3, -0.25) is 4.79 Å². The Hall–Kier alpha value is -2.46. The average Bonchev–Trinajstić information content (AvgIpc) is 2.64. The number of anilines is 1. The number of halogens is 1. The van der Waals surface area contributed by atoms with E-state index in [0.29, 0.717) is 22.9 Å². The van der Waals surface area contributed by atoms with Crippen LogP contribution in [0.3, 0.4) is 0 Å². The Labute approximate surface area is 144 Å². The molecule has 24 heavy (non-hydrogen) atoms. The van der Waals surface area contributed by atoms with Crippen LogP contribution in [0.4, 0.5) is 5.69 Å². The minimum absolute atomic E-state index is 0.0382. The number of nitriles is 1. The second-order valence-corrected chi connectivity index (χ2v) is 5.71. The van der Waals surface area contributed by atoms with Gasteiger partial charge >= 0.3 is 0 Å². The largest absolute Gasteiger partial charge is 0.371 e. The molecule has 3 rings (SSSR count). The number of carbonyl (C=O) groups is 1. The highest BCUT2D eigenvalue weighted by Crippen LogP contribution is 2.28. The molecule has 0 saturated carbocycles. The Kier molecular flexibility index (Phi) is 5.06. The van der Waals surface area contributed by atoms with E-state index in [-0.39, 0.29) is 17.7 Å². The molecule has 0 bridgehead atoms. The summed E-state index contributed by atoms with van der Waals surface area (Å²) in [6.07, 6.45) is 1.32. The molecule has 1 amide bonds. The number of amides is 1. The van der Waals surface area contributed by atoms with Crippen molar-refractivity contribution in [2.75, 3.05) is 25.0 Å². The summed E-state index contributed by atoms with van der Waals surface area (Å²) >= 11 is 6.28. The quantitative estimate of drug-likeness (QED) is 0.895. The van der Waals surface area contributed by atoms with Crippen molar-refractivity contribution in [3.8, 4) is 6.07 Å². The van der Waals surface area contributed by atoms with Crippen molar-refractivity contribution >= 4 is 23.2 Å². The van der Waals surface area contributed by atoms with Crippen LogP contribution in [0.25, 0.3) is 0 Å². The summed E-state index contributed by atoms with van der Waals surface area (Å²) in [5.74, 6) is -0.336. The van der Waals surface area contributed by atoms with Crippen molar-refractivity contribution in [2.24, 2.45) is 0 Å². The summed E-state index contributed by atoms with van der Waals surface area (Å²) in [6.45, 7) is 2.24. The number of carbonyl (C=O) groups excluding carboxylic acids is 1. The predicted octanol–water partition coefficient (Wildman–Crippen LogP) is 2.52. The zero-order valence-electron chi connectivity index (χ0n) is 12.8. The third-order valence-electron chi connectivity index (χ3n) is 3.68. The van der Waals surface area contributed by atoms with Gasteiger partial charge in [-0.05, 0) is 29.8 Å². The number of morpholine rings is 1. The fourth-order valence-corrected chi connectivity index (χ4v) is 2.64. The van der Waals surface area contributed by atoms with Crippen LogP contribution >= 0.6 is 11.6 Å². The Morgan fingerprint density at radius 2 is 2.29 bits per heavy atom. The van der Waals surface area contributed by atoms with E-state index in [0.717, 1.165) is 18.7 Å². The van der Waals surface area contributed by atoms with Crippen LogP contribution in [0.2, 0.25) is 5.02 Å². The van der Waals surface area contributed by atoms with E-state index in [1.165, 1.54) is 12.3 Å². The standard InChI is InChI=1S/C17H15ClN4O2/c18-14-7-11(16-10-20-5-6-24-16)2-4-15(14)22-17(23)12-1-3-13(8-19)21-9-12/h1-4,7,9,16,20H,5-6,10H2,(H,22,23)/t16-/m0/s1. The van der Waals surface area contributed by atoms with E-state index in [4.69, 9.17) is 21.6 Å². The number of rotatable bonds is 3. The molecule has 1 aliphatic rings. The molecule has 0 unspecified atom stereocenters. The molecule has 6 nitrogen and oxygen atoms in total. The van der Waals surface area contributed by atoms with Crippen molar-refractivity contribution < 1.29 is 9.53 Å². The number of aromatic nitrogens is 1. The lowest BCUT2D eigenvalue weighted by atomic mass is 10.1. The third-order valence-corrected chi connectivity index (χ3v) is 3.99. The van der Waals surface area contributed by atoms with Gasteiger partial charge in [0.1, 0.15) is 11.8 Å². The number of hydrogen-bond acceptors (Lipinski definition) is 5. The van der Waals surface area contributed by atoms with E-state index < -0.39 is 0 Å². The van der Waals surface area contributed by atoms with Gasteiger partial charge in [0.05, 0.1) is 29.0 Å². The fourth-order valence-electron chi connectivity index (χ4n) is 2.40. The summed E-state index contributed by atoms with van der Waals surface area (Å²) < 4.78 is 5.69. The SMILES string of the molecule is N#Cc1ccc(C(=O)Nc2ccc([C@@H]3CNCCO3)cc2Cl)cn1. The van der Waals surface area contributed by atoms with Crippen LogP contribution < -0.4 is 10.6 Å². The van der Waals surface area contributed by atoms with Gasteiger partial charge < -0.3 is 15.4 Å². The predicted molar refractivity (Wildman–Crippen MR) is 89.9 cm³/mol. The van der Waals surface area contributed by atoms with Gasteiger partial charge in [0.25, 0.3) is 5.91 Å². The number of nitrogens with one attached hydrogen (secondary N) is 2. The number of benzene rings is 1. The molecule has 1 aliphatic heterocycles. The van der Waals surface area contributed by atoms with Crippen molar-refractivity contribution in [3.63, 3.8) is 0 Å². The highest BCUT2D eigenvalue weighted by molar-refractivity contribution is 6.34. The van der Waals surface area contributed by atoms with Gasteiger partial charge in [0, 0.05) is 19.3 Å². The zero-order valence-corrected chi connectivity index (χ0v) is 13.5. The molecule has 1 fully saturated rings. The molecule has 2 aromatic rings. The minimum Gasteiger partial charge on any atom is -0.371 e. The van der Waals surface area contributed by atoms with Crippen LogP contribution in [0.15, 0.2) is 36.5 Å². The molecule has 0 radical (unpaired) electrons. The molecular formula is C17H15ClN4O2. The monoisotopic (exact) mass is 342 g/mol. The summed E-state index contributed by atoms with van der Waals surface area (Å²) in [4.78, 5) is 16.1. The normalized spacial score (nSPS) is 17.1. The molecule has 0 spiro atoms. The van der Waals surface area contributed by atoms with E-state index in [2.05, 4.69) is 15.6 Å². The van der Waals surface area contributed by atoms with E-state index in [9.17, 15) is 4.79 Å². The fraction of sp³-hybridized carbons (Fsp3) is 0.235. The topological polar surface area (TPSA) is 87.0 Å². The average molecular weight is 343 g/mol. The molecule has 2 N–H and O–H groups in total. The molecular weight excluding hydrogens is 328 g/mol. The maximum atomic E-state index is 12.2. The van der Waals surface area contributed by atoms with Gasteiger partial charge in [-0.1, -0.05) is 17.7 Å². The van der Waals surface area contributed by atoms with Gasteiger partial charge in [0.2, 0.25) is 0 Å². The third kappa shape index (κ3) is 3.71. The van der Waals surface area contributed by atoms with Gasteiger partial charge in [-0.25, -0.2) is 4.98 Å². The Morgan fingerprint density at radius 1 is 1.42 bits per heavy atom. The highest BCUT2D eigenvalue weighted by atomic mass is 35.5. The Bertz CT molecular complexity index is 780. The Balaban J connectivity index is 1.72. The summed E-state index contributed by atoms with van der Waals surface area (Å²) in [6, 6.07) is 10.4. The summed E-state index contributed by atoms with van der Waals surface area (Å²) in [5, 5.41) is 15.2. The molecule has 1 saturated heterocycles. The second kappa shape index (κ2) is 7.41. The number of hydrogen-bond donors (Lipinski definition) is 2. The molecule has 1 aromatic heterocycles. The van der Waals surface area contributed by atoms with Crippen molar-refractivity contribution in [1.29, 1.82) is 5.26 Å². The molecule has 2 heterocycles. The number of nitrogens with zero attached hydrogens (tertiary/aromatic N) is 2. The van der Waals surface area contributed by atoms with Crippen LogP contribution in [-0.4, -0.2) is 30.6 Å². The van der Waals surface area contributed by atoms with Gasteiger partial charge in [-0.15, -0.1) is 0 Å². The van der Waals surface area contributed by atoms with Crippen molar-refractivity contribution in [1.82, 2.24) is 10.3 Å².